The first kappa shape index (κ1) is 15.8. The van der Waals surface area contributed by atoms with Gasteiger partial charge in [-0.15, -0.1) is 0 Å². The van der Waals surface area contributed by atoms with E-state index < -0.39 is 0 Å². The van der Waals surface area contributed by atoms with E-state index in [4.69, 9.17) is 5.11 Å². The Hall–Kier alpha value is -1.56. The van der Waals surface area contributed by atoms with Gasteiger partial charge in [-0.05, 0) is 31.1 Å². The Balaban J connectivity index is 1.81. The number of aromatic nitrogens is 2. The molecule has 1 aromatic rings. The number of nitrogens with zero attached hydrogens (tertiary/aromatic N) is 2. The van der Waals surface area contributed by atoms with Gasteiger partial charge in [-0.2, -0.15) is 5.10 Å². The van der Waals surface area contributed by atoms with Gasteiger partial charge in [-0.25, -0.2) is 0 Å². The summed E-state index contributed by atoms with van der Waals surface area (Å²) in [6.45, 7) is 5.05. The number of amides is 1. The second-order valence-corrected chi connectivity index (χ2v) is 6.11. The SMILES string of the molecule is C[C@@H]1CC[C@@H](Nc2cnn(CC(=O)NCCO)c2)C[C@H]1C. The summed E-state index contributed by atoms with van der Waals surface area (Å²) in [6.07, 6.45) is 7.26. The molecular weight excluding hydrogens is 268 g/mol. The molecule has 1 aromatic heterocycles. The highest BCUT2D eigenvalue weighted by molar-refractivity contribution is 5.75. The van der Waals surface area contributed by atoms with Gasteiger partial charge in [0.1, 0.15) is 6.54 Å². The van der Waals surface area contributed by atoms with Crippen LogP contribution in [0.3, 0.4) is 0 Å². The first-order valence-corrected chi connectivity index (χ1v) is 7.75. The molecule has 3 N–H and O–H groups in total. The van der Waals surface area contributed by atoms with E-state index in [-0.39, 0.29) is 25.6 Å². The maximum Gasteiger partial charge on any atom is 0.241 e. The molecule has 1 aliphatic rings. The number of rotatable bonds is 6. The smallest absolute Gasteiger partial charge is 0.241 e. The first-order valence-electron chi connectivity index (χ1n) is 7.75. The molecule has 1 heterocycles. The zero-order valence-corrected chi connectivity index (χ0v) is 12.9. The van der Waals surface area contributed by atoms with E-state index in [1.165, 1.54) is 19.3 Å². The molecule has 0 spiro atoms. The van der Waals surface area contributed by atoms with Crippen molar-refractivity contribution in [3.05, 3.63) is 12.4 Å². The number of carbonyl (C=O) groups is 1. The van der Waals surface area contributed by atoms with Crippen molar-refractivity contribution in [2.45, 2.75) is 45.7 Å². The van der Waals surface area contributed by atoms with E-state index in [1.54, 1.807) is 10.9 Å². The molecule has 0 radical (unpaired) electrons. The molecule has 1 aliphatic carbocycles. The Labute approximate surface area is 125 Å². The fraction of sp³-hybridized carbons (Fsp3) is 0.733. The summed E-state index contributed by atoms with van der Waals surface area (Å²) in [5.74, 6) is 1.41. The lowest BCUT2D eigenvalue weighted by Gasteiger charge is -2.32. The van der Waals surface area contributed by atoms with Gasteiger partial charge >= 0.3 is 0 Å². The van der Waals surface area contributed by atoms with Gasteiger partial charge < -0.3 is 15.7 Å². The zero-order valence-electron chi connectivity index (χ0n) is 12.9. The Morgan fingerprint density at radius 2 is 2.24 bits per heavy atom. The number of nitrogens with one attached hydrogen (secondary N) is 2. The maximum atomic E-state index is 11.5. The van der Waals surface area contributed by atoms with Crippen molar-refractivity contribution in [2.24, 2.45) is 11.8 Å². The average Bonchev–Trinajstić information content (AvgIpc) is 2.88. The van der Waals surface area contributed by atoms with Crippen LogP contribution < -0.4 is 10.6 Å². The summed E-state index contributed by atoms with van der Waals surface area (Å²) in [6, 6.07) is 0.497. The van der Waals surface area contributed by atoms with Crippen LogP contribution in [0.25, 0.3) is 0 Å². The van der Waals surface area contributed by atoms with Crippen molar-refractivity contribution in [1.29, 1.82) is 0 Å². The van der Waals surface area contributed by atoms with Gasteiger partial charge in [-0.3, -0.25) is 9.48 Å². The minimum atomic E-state index is -0.140. The van der Waals surface area contributed by atoms with Gasteiger partial charge in [0.25, 0.3) is 0 Å². The molecule has 21 heavy (non-hydrogen) atoms. The molecule has 0 bridgehead atoms. The number of carbonyl (C=O) groups excluding carboxylic acids is 1. The Bertz CT molecular complexity index is 460. The Kier molecular flexibility index (Phi) is 5.61. The highest BCUT2D eigenvalue weighted by atomic mass is 16.3. The normalized spacial score (nSPS) is 25.6. The number of anilines is 1. The average molecular weight is 294 g/mol. The van der Waals surface area contributed by atoms with Crippen molar-refractivity contribution in [3.8, 4) is 0 Å². The van der Waals surface area contributed by atoms with Gasteiger partial charge in [0.05, 0.1) is 18.5 Å². The van der Waals surface area contributed by atoms with Crippen LogP contribution >= 0.6 is 0 Å². The lowest BCUT2D eigenvalue weighted by molar-refractivity contribution is -0.122. The molecule has 0 aliphatic heterocycles. The molecule has 1 saturated carbocycles. The molecule has 1 fully saturated rings. The van der Waals surface area contributed by atoms with Crippen molar-refractivity contribution < 1.29 is 9.90 Å². The van der Waals surface area contributed by atoms with E-state index in [0.717, 1.165) is 17.5 Å². The minimum Gasteiger partial charge on any atom is -0.395 e. The summed E-state index contributed by atoms with van der Waals surface area (Å²) < 4.78 is 1.62. The Morgan fingerprint density at radius 3 is 2.95 bits per heavy atom. The second-order valence-electron chi connectivity index (χ2n) is 6.11. The monoisotopic (exact) mass is 294 g/mol. The number of aliphatic hydroxyl groups is 1. The van der Waals surface area contributed by atoms with Crippen molar-refractivity contribution in [2.75, 3.05) is 18.5 Å². The number of aliphatic hydroxyl groups excluding tert-OH is 1. The van der Waals surface area contributed by atoms with Gasteiger partial charge in [0, 0.05) is 18.8 Å². The van der Waals surface area contributed by atoms with Crippen molar-refractivity contribution in [3.63, 3.8) is 0 Å². The first-order chi connectivity index (χ1) is 10.1. The molecule has 1 amide bonds. The Morgan fingerprint density at radius 1 is 1.43 bits per heavy atom. The maximum absolute atomic E-state index is 11.5. The van der Waals surface area contributed by atoms with Crippen LogP contribution in [0.4, 0.5) is 5.69 Å². The molecule has 6 heteroatoms. The molecule has 0 aromatic carbocycles. The fourth-order valence-electron chi connectivity index (χ4n) is 2.84. The number of hydrogen-bond acceptors (Lipinski definition) is 4. The summed E-state index contributed by atoms with van der Waals surface area (Å²) >= 11 is 0. The van der Waals surface area contributed by atoms with Gasteiger partial charge in [-0.1, -0.05) is 13.8 Å². The van der Waals surface area contributed by atoms with E-state index in [0.29, 0.717) is 6.04 Å². The predicted molar refractivity (Wildman–Crippen MR) is 81.9 cm³/mol. The van der Waals surface area contributed by atoms with Crippen LogP contribution in [0, 0.1) is 11.8 Å². The van der Waals surface area contributed by atoms with Crippen LogP contribution in [-0.2, 0) is 11.3 Å². The number of hydrogen-bond donors (Lipinski definition) is 3. The molecule has 0 unspecified atom stereocenters. The summed E-state index contributed by atoms with van der Waals surface area (Å²) in [7, 11) is 0. The van der Waals surface area contributed by atoms with Gasteiger partial charge in [0.15, 0.2) is 0 Å². The lowest BCUT2D eigenvalue weighted by Crippen LogP contribution is -2.30. The molecule has 2 rings (SSSR count). The second kappa shape index (κ2) is 7.45. The third-order valence-electron chi connectivity index (χ3n) is 4.34. The molecule has 0 saturated heterocycles. The van der Waals surface area contributed by atoms with E-state index >= 15 is 0 Å². The van der Waals surface area contributed by atoms with Crippen LogP contribution in [0.15, 0.2) is 12.4 Å². The lowest BCUT2D eigenvalue weighted by atomic mass is 9.79. The summed E-state index contributed by atoms with van der Waals surface area (Å²) in [4.78, 5) is 11.5. The molecule has 118 valence electrons. The van der Waals surface area contributed by atoms with Crippen LogP contribution in [0.5, 0.6) is 0 Å². The standard InChI is InChI=1S/C15H26N4O2/c1-11-3-4-13(7-12(11)2)18-14-8-17-19(9-14)10-15(21)16-5-6-20/h8-9,11-13,18,20H,3-7,10H2,1-2H3,(H,16,21)/t11-,12-,13-/m1/s1. The largest absolute Gasteiger partial charge is 0.395 e. The molecule has 6 nitrogen and oxygen atoms in total. The third-order valence-corrected chi connectivity index (χ3v) is 4.34. The van der Waals surface area contributed by atoms with E-state index in [1.807, 2.05) is 6.20 Å². The van der Waals surface area contributed by atoms with Crippen molar-refractivity contribution >= 4 is 11.6 Å². The summed E-state index contributed by atoms with van der Waals surface area (Å²) in [5, 5.41) is 19.0. The zero-order chi connectivity index (χ0) is 15.2. The summed E-state index contributed by atoms with van der Waals surface area (Å²) in [5.41, 5.74) is 0.969. The highest BCUT2D eigenvalue weighted by Gasteiger charge is 2.24. The van der Waals surface area contributed by atoms with Crippen LogP contribution in [0.2, 0.25) is 0 Å². The fourth-order valence-corrected chi connectivity index (χ4v) is 2.84. The van der Waals surface area contributed by atoms with Crippen LogP contribution in [0.1, 0.15) is 33.1 Å². The van der Waals surface area contributed by atoms with Crippen molar-refractivity contribution in [1.82, 2.24) is 15.1 Å². The topological polar surface area (TPSA) is 79.2 Å². The third kappa shape index (κ3) is 4.74. The molecular formula is C15H26N4O2. The minimum absolute atomic E-state index is 0.0457. The molecule has 3 atom stereocenters. The van der Waals surface area contributed by atoms with E-state index in [2.05, 4.69) is 29.6 Å². The highest BCUT2D eigenvalue weighted by Crippen LogP contribution is 2.30. The van der Waals surface area contributed by atoms with Crippen LogP contribution in [-0.4, -0.2) is 40.0 Å². The van der Waals surface area contributed by atoms with Gasteiger partial charge in [0.2, 0.25) is 5.91 Å². The quantitative estimate of drug-likeness (QED) is 0.737. The predicted octanol–water partition coefficient (Wildman–Crippen LogP) is 1.23. The van der Waals surface area contributed by atoms with E-state index in [9.17, 15) is 4.79 Å².